The zero-order valence-electron chi connectivity index (χ0n) is 13.5. The number of carbonyl (C=O) groups excluding carboxylic acids is 2. The van der Waals surface area contributed by atoms with Crippen LogP contribution in [0.3, 0.4) is 0 Å². The molecule has 7 nitrogen and oxygen atoms in total. The van der Waals surface area contributed by atoms with E-state index in [-0.39, 0.29) is 11.8 Å². The molecule has 0 aliphatic carbocycles. The van der Waals surface area contributed by atoms with Crippen LogP contribution in [0, 0.1) is 0 Å². The van der Waals surface area contributed by atoms with Crippen LogP contribution >= 0.6 is 0 Å². The number of hydrogen-bond donors (Lipinski definition) is 0. The van der Waals surface area contributed by atoms with E-state index >= 15 is 0 Å². The molecule has 0 spiro atoms. The smallest absolute Gasteiger partial charge is 0.227 e. The number of aromatic nitrogens is 2. The van der Waals surface area contributed by atoms with Crippen molar-refractivity contribution >= 4 is 17.5 Å². The normalized spacial score (nSPS) is 26.4. The number of likely N-dealkylation sites (tertiary alicyclic amines) is 2. The number of anilines is 1. The molecule has 1 aromatic rings. The highest BCUT2D eigenvalue weighted by Crippen LogP contribution is 2.27. The van der Waals surface area contributed by atoms with Crippen LogP contribution < -0.4 is 4.90 Å². The minimum absolute atomic E-state index is 0.203. The summed E-state index contributed by atoms with van der Waals surface area (Å²) < 4.78 is 1.99. The van der Waals surface area contributed by atoms with Crippen molar-refractivity contribution < 1.29 is 9.59 Å². The Morgan fingerprint density at radius 2 is 2.04 bits per heavy atom. The summed E-state index contributed by atoms with van der Waals surface area (Å²) in [5.74, 6) is 0.466. The van der Waals surface area contributed by atoms with Crippen LogP contribution in [0.1, 0.15) is 31.7 Å². The van der Waals surface area contributed by atoms with Crippen LogP contribution in [0.2, 0.25) is 0 Å². The Labute approximate surface area is 135 Å². The molecule has 0 saturated carbocycles. The lowest BCUT2D eigenvalue weighted by molar-refractivity contribution is -0.128. The van der Waals surface area contributed by atoms with Gasteiger partial charge in [-0.25, -0.2) is 0 Å². The van der Waals surface area contributed by atoms with Gasteiger partial charge in [0.15, 0.2) is 0 Å². The molecule has 1 aromatic heterocycles. The number of likely N-dealkylation sites (N-methyl/N-ethyl adjacent to an activating group) is 1. The fraction of sp³-hybridized carbons (Fsp3) is 0.688. The minimum Gasteiger partial charge on any atom is -0.341 e. The molecule has 4 rings (SSSR count). The fourth-order valence-corrected chi connectivity index (χ4v) is 3.82. The Hall–Kier alpha value is -1.89. The van der Waals surface area contributed by atoms with Gasteiger partial charge in [-0.2, -0.15) is 5.10 Å². The summed E-state index contributed by atoms with van der Waals surface area (Å²) in [7, 11) is 1.91. The predicted molar refractivity (Wildman–Crippen MR) is 85.1 cm³/mol. The second kappa shape index (κ2) is 5.63. The van der Waals surface area contributed by atoms with Crippen molar-refractivity contribution in [3.05, 3.63) is 12.4 Å². The van der Waals surface area contributed by atoms with Crippen LogP contribution in [0.25, 0.3) is 0 Å². The lowest BCUT2D eigenvalue weighted by atomic mass is 10.1. The van der Waals surface area contributed by atoms with Gasteiger partial charge >= 0.3 is 0 Å². The van der Waals surface area contributed by atoms with Crippen molar-refractivity contribution in [1.29, 1.82) is 0 Å². The SMILES string of the molecule is CN1C(=O)CCC1CN1CC(n2cc(N3CCCC3=O)cn2)C1. The maximum atomic E-state index is 11.8. The molecule has 23 heavy (non-hydrogen) atoms. The summed E-state index contributed by atoms with van der Waals surface area (Å²) in [6.45, 7) is 3.70. The summed E-state index contributed by atoms with van der Waals surface area (Å²) in [4.78, 5) is 29.5. The molecule has 0 N–H and O–H groups in total. The van der Waals surface area contributed by atoms with Gasteiger partial charge in [0.25, 0.3) is 0 Å². The van der Waals surface area contributed by atoms with Crippen molar-refractivity contribution in [2.75, 3.05) is 38.1 Å². The standard InChI is InChI=1S/C16H23N5O2/c1-18-12(4-5-15(18)22)8-19-9-14(10-19)21-11-13(7-17-21)20-6-2-3-16(20)23/h7,11-12,14H,2-6,8-10H2,1H3. The average molecular weight is 317 g/mol. The lowest BCUT2D eigenvalue weighted by Crippen LogP contribution is -2.52. The first kappa shape index (κ1) is 14.7. The van der Waals surface area contributed by atoms with Gasteiger partial charge in [-0.15, -0.1) is 0 Å². The van der Waals surface area contributed by atoms with E-state index in [1.54, 1.807) is 6.20 Å². The Kier molecular flexibility index (Phi) is 3.60. The fourth-order valence-electron chi connectivity index (χ4n) is 3.82. The summed E-state index contributed by atoms with van der Waals surface area (Å²) in [6, 6.07) is 0.739. The zero-order valence-corrected chi connectivity index (χ0v) is 13.5. The van der Waals surface area contributed by atoms with E-state index in [0.29, 0.717) is 24.9 Å². The van der Waals surface area contributed by atoms with Crippen LogP contribution in [-0.2, 0) is 9.59 Å². The van der Waals surface area contributed by atoms with E-state index in [2.05, 4.69) is 10.00 Å². The first-order chi connectivity index (χ1) is 11.1. The molecule has 0 radical (unpaired) electrons. The molecule has 0 aromatic carbocycles. The van der Waals surface area contributed by atoms with E-state index < -0.39 is 0 Å². The summed E-state index contributed by atoms with van der Waals surface area (Å²) >= 11 is 0. The monoisotopic (exact) mass is 317 g/mol. The number of amides is 2. The predicted octanol–water partition coefficient (Wildman–Crippen LogP) is 0.487. The summed E-state index contributed by atoms with van der Waals surface area (Å²) in [6.07, 6.45) is 7.04. The van der Waals surface area contributed by atoms with E-state index in [9.17, 15) is 9.59 Å². The molecule has 2 amide bonds. The van der Waals surface area contributed by atoms with Crippen molar-refractivity contribution in [2.45, 2.75) is 37.8 Å². The number of carbonyl (C=O) groups is 2. The van der Waals surface area contributed by atoms with Crippen LogP contribution in [0.5, 0.6) is 0 Å². The third kappa shape index (κ3) is 2.63. The van der Waals surface area contributed by atoms with Crippen molar-refractivity contribution in [1.82, 2.24) is 19.6 Å². The Balaban J connectivity index is 1.31. The third-order valence-electron chi connectivity index (χ3n) is 5.39. The van der Waals surface area contributed by atoms with Crippen LogP contribution in [0.15, 0.2) is 12.4 Å². The van der Waals surface area contributed by atoms with Gasteiger partial charge in [-0.3, -0.25) is 19.2 Å². The van der Waals surface area contributed by atoms with Crippen molar-refractivity contribution in [2.24, 2.45) is 0 Å². The number of nitrogens with zero attached hydrogens (tertiary/aromatic N) is 5. The van der Waals surface area contributed by atoms with Crippen molar-refractivity contribution in [3.63, 3.8) is 0 Å². The molecule has 4 heterocycles. The molecule has 3 aliphatic heterocycles. The van der Waals surface area contributed by atoms with Gasteiger partial charge in [0.05, 0.1) is 17.9 Å². The van der Waals surface area contributed by atoms with Gasteiger partial charge in [-0.1, -0.05) is 0 Å². The van der Waals surface area contributed by atoms with E-state index in [1.165, 1.54) is 0 Å². The highest BCUT2D eigenvalue weighted by atomic mass is 16.2. The maximum absolute atomic E-state index is 11.8. The molecule has 1 atom stereocenters. The Bertz CT molecular complexity index is 622. The van der Waals surface area contributed by atoms with Gasteiger partial charge in [0.2, 0.25) is 11.8 Å². The lowest BCUT2D eigenvalue weighted by Gasteiger charge is -2.41. The average Bonchev–Trinajstić information content (AvgIpc) is 3.18. The number of rotatable bonds is 4. The molecule has 3 aliphatic rings. The Morgan fingerprint density at radius 1 is 1.22 bits per heavy atom. The van der Waals surface area contributed by atoms with Crippen molar-refractivity contribution in [3.8, 4) is 0 Å². The molecule has 124 valence electrons. The summed E-state index contributed by atoms with van der Waals surface area (Å²) in [5.41, 5.74) is 0.923. The van der Waals surface area contributed by atoms with Gasteiger partial charge in [0.1, 0.15) is 0 Å². The molecule has 3 saturated heterocycles. The molecule has 3 fully saturated rings. The molecular formula is C16H23N5O2. The topological polar surface area (TPSA) is 61.7 Å². The van der Waals surface area contributed by atoms with Gasteiger partial charge < -0.3 is 9.80 Å². The highest BCUT2D eigenvalue weighted by Gasteiger charge is 2.35. The maximum Gasteiger partial charge on any atom is 0.227 e. The van der Waals surface area contributed by atoms with Crippen LogP contribution in [0.4, 0.5) is 5.69 Å². The quantitative estimate of drug-likeness (QED) is 0.811. The molecule has 7 heteroatoms. The largest absolute Gasteiger partial charge is 0.341 e. The number of hydrogen-bond acceptors (Lipinski definition) is 4. The Morgan fingerprint density at radius 3 is 2.70 bits per heavy atom. The summed E-state index contributed by atoms with van der Waals surface area (Å²) in [5, 5.41) is 4.44. The van der Waals surface area contributed by atoms with Gasteiger partial charge in [0, 0.05) is 58.3 Å². The van der Waals surface area contributed by atoms with Crippen LogP contribution in [-0.4, -0.2) is 70.7 Å². The van der Waals surface area contributed by atoms with E-state index in [0.717, 1.165) is 44.7 Å². The highest BCUT2D eigenvalue weighted by molar-refractivity contribution is 5.95. The zero-order chi connectivity index (χ0) is 16.0. The molecule has 0 bridgehead atoms. The minimum atomic E-state index is 0.203. The second-order valence-corrected chi connectivity index (χ2v) is 6.90. The molecular weight excluding hydrogens is 294 g/mol. The third-order valence-corrected chi connectivity index (χ3v) is 5.39. The second-order valence-electron chi connectivity index (χ2n) is 6.90. The first-order valence-electron chi connectivity index (χ1n) is 8.44. The first-order valence-corrected chi connectivity index (χ1v) is 8.44. The van der Waals surface area contributed by atoms with E-state index in [1.807, 2.05) is 27.7 Å². The molecule has 1 unspecified atom stereocenters. The van der Waals surface area contributed by atoms with Gasteiger partial charge in [-0.05, 0) is 12.8 Å². The van der Waals surface area contributed by atoms with E-state index in [4.69, 9.17) is 0 Å².